The van der Waals surface area contributed by atoms with Gasteiger partial charge in [0.2, 0.25) is 5.78 Å². The number of nitrogens with zero attached hydrogens (tertiary/aromatic N) is 1. The van der Waals surface area contributed by atoms with Crippen LogP contribution in [0.5, 0.6) is 5.75 Å². The number of thiophene rings is 1. The summed E-state index contributed by atoms with van der Waals surface area (Å²) in [6, 6.07) is 12.3. The van der Waals surface area contributed by atoms with Gasteiger partial charge in [-0.25, -0.2) is 8.42 Å². The molecule has 0 spiro atoms. The number of hydrogen-bond donors (Lipinski definition) is 1. The van der Waals surface area contributed by atoms with E-state index in [4.69, 9.17) is 9.47 Å². The number of carbonyl (C=O) groups excluding carboxylic acids is 2. The van der Waals surface area contributed by atoms with Crippen LogP contribution in [0.2, 0.25) is 0 Å². The molecule has 0 aliphatic carbocycles. The van der Waals surface area contributed by atoms with Gasteiger partial charge >= 0.3 is 5.97 Å². The lowest BCUT2D eigenvalue weighted by Crippen LogP contribution is -2.31. The van der Waals surface area contributed by atoms with E-state index >= 15 is 0 Å². The van der Waals surface area contributed by atoms with Gasteiger partial charge in [0.25, 0.3) is 10.0 Å². The normalized spacial score (nSPS) is 11.3. The van der Waals surface area contributed by atoms with E-state index in [0.717, 1.165) is 28.5 Å². The van der Waals surface area contributed by atoms with Crippen LogP contribution in [0.3, 0.4) is 0 Å². The molecular formula is C22H24N2O6S2. The minimum absolute atomic E-state index is 0.100. The van der Waals surface area contributed by atoms with Crippen molar-refractivity contribution in [3.05, 3.63) is 64.8 Å². The Morgan fingerprint density at radius 2 is 1.84 bits per heavy atom. The van der Waals surface area contributed by atoms with Crippen LogP contribution < -0.4 is 9.46 Å². The molecule has 0 atom stereocenters. The number of aryl methyl sites for hydroxylation is 1. The molecule has 0 saturated heterocycles. The van der Waals surface area contributed by atoms with Crippen molar-refractivity contribution >= 4 is 33.1 Å². The first-order chi connectivity index (χ1) is 15.2. The summed E-state index contributed by atoms with van der Waals surface area (Å²) < 4.78 is 38.7. The third kappa shape index (κ3) is 5.45. The van der Waals surface area contributed by atoms with Gasteiger partial charge in [0.1, 0.15) is 16.5 Å². The Bertz CT molecular complexity index is 1200. The van der Waals surface area contributed by atoms with E-state index < -0.39 is 29.1 Å². The number of Topliss-reactive ketones (excluding diaryl/α,β-unsaturated/α-hetero) is 1. The van der Waals surface area contributed by atoms with Crippen molar-refractivity contribution in [3.8, 4) is 11.4 Å². The predicted octanol–water partition coefficient (Wildman–Crippen LogP) is 3.26. The molecule has 0 aliphatic rings. The molecule has 0 bridgehead atoms. The Labute approximate surface area is 190 Å². The van der Waals surface area contributed by atoms with E-state index in [1.807, 2.05) is 49.6 Å². The zero-order valence-corrected chi connectivity index (χ0v) is 19.6. The van der Waals surface area contributed by atoms with Crippen LogP contribution >= 0.6 is 11.3 Å². The van der Waals surface area contributed by atoms with E-state index in [1.54, 1.807) is 17.5 Å². The predicted molar refractivity (Wildman–Crippen MR) is 121 cm³/mol. The summed E-state index contributed by atoms with van der Waals surface area (Å²) in [5, 5.41) is 1.62. The highest BCUT2D eigenvalue weighted by molar-refractivity contribution is 7.91. The minimum Gasteiger partial charge on any atom is -0.494 e. The van der Waals surface area contributed by atoms with Crippen molar-refractivity contribution in [1.82, 2.24) is 9.29 Å². The maximum Gasteiger partial charge on any atom is 0.321 e. The molecule has 0 saturated carbocycles. The Hall–Kier alpha value is -2.95. The molecule has 32 heavy (non-hydrogen) atoms. The van der Waals surface area contributed by atoms with Crippen molar-refractivity contribution < 1.29 is 27.5 Å². The minimum atomic E-state index is -3.78. The van der Waals surface area contributed by atoms with Gasteiger partial charge in [0.15, 0.2) is 6.61 Å². The quantitative estimate of drug-likeness (QED) is 0.356. The van der Waals surface area contributed by atoms with Gasteiger partial charge in [-0.15, -0.1) is 11.3 Å². The van der Waals surface area contributed by atoms with Crippen molar-refractivity contribution in [2.45, 2.75) is 25.0 Å². The van der Waals surface area contributed by atoms with Crippen LogP contribution in [0.15, 0.2) is 52.1 Å². The molecular weight excluding hydrogens is 452 g/mol. The molecule has 0 radical (unpaired) electrons. The molecule has 2 aromatic heterocycles. The average Bonchev–Trinajstić information content (AvgIpc) is 3.41. The molecule has 1 N–H and O–H groups in total. The first kappa shape index (κ1) is 23.7. The Morgan fingerprint density at radius 3 is 2.47 bits per heavy atom. The number of carbonyl (C=O) groups is 2. The molecule has 1 aromatic carbocycles. The second-order valence-corrected chi connectivity index (χ2v) is 9.83. The highest BCUT2D eigenvalue weighted by Crippen LogP contribution is 2.23. The Balaban J connectivity index is 1.62. The maximum atomic E-state index is 12.6. The number of hydrogen-bond acceptors (Lipinski definition) is 7. The van der Waals surface area contributed by atoms with Gasteiger partial charge in [0, 0.05) is 22.6 Å². The van der Waals surface area contributed by atoms with E-state index in [-0.39, 0.29) is 9.99 Å². The monoisotopic (exact) mass is 476 g/mol. The molecule has 0 fully saturated rings. The summed E-state index contributed by atoms with van der Waals surface area (Å²) in [4.78, 5) is 24.6. The van der Waals surface area contributed by atoms with Gasteiger partial charge < -0.3 is 14.0 Å². The number of rotatable bonds is 10. The molecule has 2 heterocycles. The number of ether oxygens (including phenoxy) is 2. The average molecular weight is 477 g/mol. The van der Waals surface area contributed by atoms with E-state index in [2.05, 4.69) is 4.72 Å². The molecule has 0 amide bonds. The number of sulfonamides is 1. The standard InChI is InChI=1S/C22H24N2O6S2/c1-4-29-18-9-7-17(8-10-18)24-15(2)12-19(16(24)3)20(25)14-30-21(26)13-23-32(27,28)22-6-5-11-31-22/h5-12,23H,4,13-14H2,1-3H3. The molecule has 170 valence electrons. The summed E-state index contributed by atoms with van der Waals surface area (Å²) in [5.74, 6) is -0.444. The molecule has 10 heteroatoms. The highest BCUT2D eigenvalue weighted by Gasteiger charge is 2.20. The zero-order chi connectivity index (χ0) is 23.3. The second-order valence-electron chi connectivity index (χ2n) is 6.89. The van der Waals surface area contributed by atoms with Crippen LogP contribution in [-0.2, 0) is 19.6 Å². The summed E-state index contributed by atoms with van der Waals surface area (Å²) in [7, 11) is -3.78. The lowest BCUT2D eigenvalue weighted by atomic mass is 10.1. The number of benzene rings is 1. The fourth-order valence-corrected chi connectivity index (χ4v) is 5.22. The SMILES string of the molecule is CCOc1ccc(-n2c(C)cc(C(=O)COC(=O)CNS(=O)(=O)c3cccs3)c2C)cc1. The van der Waals surface area contributed by atoms with Crippen molar-refractivity contribution in [3.63, 3.8) is 0 Å². The molecule has 3 rings (SSSR count). The summed E-state index contributed by atoms with van der Waals surface area (Å²) in [6.07, 6.45) is 0. The van der Waals surface area contributed by atoms with Gasteiger partial charge in [-0.2, -0.15) is 4.72 Å². The van der Waals surface area contributed by atoms with E-state index in [1.165, 1.54) is 6.07 Å². The first-order valence-electron chi connectivity index (χ1n) is 9.87. The van der Waals surface area contributed by atoms with Crippen LogP contribution in [0.1, 0.15) is 28.7 Å². The van der Waals surface area contributed by atoms with E-state index in [9.17, 15) is 18.0 Å². The van der Waals surface area contributed by atoms with Crippen LogP contribution in [0.25, 0.3) is 5.69 Å². The van der Waals surface area contributed by atoms with Crippen LogP contribution in [0, 0.1) is 13.8 Å². The fourth-order valence-electron chi connectivity index (χ4n) is 3.22. The highest BCUT2D eigenvalue weighted by atomic mass is 32.2. The van der Waals surface area contributed by atoms with Crippen molar-refractivity contribution in [2.75, 3.05) is 19.8 Å². The van der Waals surface area contributed by atoms with Gasteiger partial charge in [0.05, 0.1) is 6.61 Å². The summed E-state index contributed by atoms with van der Waals surface area (Å²) in [6.45, 7) is 5.15. The van der Waals surface area contributed by atoms with Crippen LogP contribution in [-0.4, -0.2) is 44.5 Å². The summed E-state index contributed by atoms with van der Waals surface area (Å²) in [5.41, 5.74) is 2.88. The smallest absolute Gasteiger partial charge is 0.321 e. The van der Waals surface area contributed by atoms with E-state index in [0.29, 0.717) is 17.9 Å². The van der Waals surface area contributed by atoms with Crippen LogP contribution in [0.4, 0.5) is 0 Å². The van der Waals surface area contributed by atoms with Gasteiger partial charge in [-0.3, -0.25) is 9.59 Å². The van der Waals surface area contributed by atoms with Gasteiger partial charge in [-0.1, -0.05) is 6.07 Å². The topological polar surface area (TPSA) is 104 Å². The number of aromatic nitrogens is 1. The Kier molecular flexibility index (Phi) is 7.49. The molecule has 0 unspecified atom stereocenters. The third-order valence-electron chi connectivity index (χ3n) is 4.67. The first-order valence-corrected chi connectivity index (χ1v) is 12.2. The largest absolute Gasteiger partial charge is 0.494 e. The molecule has 0 aliphatic heterocycles. The fraction of sp³-hybridized carbons (Fsp3) is 0.273. The third-order valence-corrected chi connectivity index (χ3v) is 7.47. The van der Waals surface area contributed by atoms with Gasteiger partial charge in [-0.05, 0) is 62.5 Å². The number of nitrogens with one attached hydrogen (secondary N) is 1. The molecule has 8 nitrogen and oxygen atoms in total. The lowest BCUT2D eigenvalue weighted by molar-refractivity contribution is -0.141. The molecule has 3 aromatic rings. The summed E-state index contributed by atoms with van der Waals surface area (Å²) >= 11 is 1.04. The Morgan fingerprint density at radius 1 is 1.12 bits per heavy atom. The zero-order valence-electron chi connectivity index (χ0n) is 18.0. The van der Waals surface area contributed by atoms with Crippen molar-refractivity contribution in [1.29, 1.82) is 0 Å². The maximum absolute atomic E-state index is 12.6. The number of esters is 1. The second kappa shape index (κ2) is 10.1. The van der Waals surface area contributed by atoms with Crippen molar-refractivity contribution in [2.24, 2.45) is 0 Å². The number of ketones is 1. The lowest BCUT2D eigenvalue weighted by Gasteiger charge is -2.11.